The van der Waals surface area contributed by atoms with Crippen molar-refractivity contribution in [1.82, 2.24) is 9.78 Å². The van der Waals surface area contributed by atoms with Gasteiger partial charge in [-0.15, -0.1) is 0 Å². The number of ether oxygens (including phenoxy) is 2. The summed E-state index contributed by atoms with van der Waals surface area (Å²) in [6.07, 6.45) is 0. The number of aryl methyl sites for hydroxylation is 2. The molecule has 0 amide bonds. The van der Waals surface area contributed by atoms with Crippen LogP contribution in [-0.4, -0.2) is 23.0 Å². The monoisotopic (exact) mass is 287 g/mol. The van der Waals surface area contributed by atoms with E-state index in [1.165, 1.54) is 0 Å². The topological polar surface area (TPSA) is 62.3 Å². The molecule has 1 aromatic heterocycles. The maximum atomic E-state index is 5.93. The van der Waals surface area contributed by atoms with Gasteiger partial charge in [-0.3, -0.25) is 4.68 Å². The predicted octanol–water partition coefficient (Wildman–Crippen LogP) is 2.78. The van der Waals surface area contributed by atoms with Crippen molar-refractivity contribution in [1.29, 1.82) is 0 Å². The molecule has 2 heterocycles. The second kappa shape index (κ2) is 4.69. The lowest BCUT2D eigenvalue weighted by molar-refractivity contribution is 0.140. The lowest BCUT2D eigenvalue weighted by Crippen LogP contribution is -2.26. The Morgan fingerprint density at radius 2 is 1.76 bits per heavy atom. The minimum atomic E-state index is 0.00249. The second-order valence-corrected chi connectivity index (χ2v) is 6.43. The fourth-order valence-corrected chi connectivity index (χ4v) is 2.36. The smallest absolute Gasteiger partial charge is 0.161 e. The standard InChI is InChI=1S/C16H21N3O2/c1-10-5-13-14(21-9-16(2,3)8-20-13)6-11(10)12-7-15(17)19(4)18-12/h5-7H,8-9,17H2,1-4H3. The summed E-state index contributed by atoms with van der Waals surface area (Å²) in [6, 6.07) is 5.88. The van der Waals surface area contributed by atoms with Gasteiger partial charge in [0.2, 0.25) is 0 Å². The van der Waals surface area contributed by atoms with Crippen molar-refractivity contribution in [3.05, 3.63) is 23.8 Å². The van der Waals surface area contributed by atoms with Crippen molar-refractivity contribution < 1.29 is 9.47 Å². The highest BCUT2D eigenvalue weighted by atomic mass is 16.5. The van der Waals surface area contributed by atoms with Crippen LogP contribution in [0.1, 0.15) is 19.4 Å². The van der Waals surface area contributed by atoms with Crippen LogP contribution in [0.5, 0.6) is 11.5 Å². The first kappa shape index (κ1) is 13.8. The first-order valence-electron chi connectivity index (χ1n) is 7.06. The summed E-state index contributed by atoms with van der Waals surface area (Å²) in [7, 11) is 1.83. The van der Waals surface area contributed by atoms with Gasteiger partial charge in [-0.1, -0.05) is 13.8 Å². The van der Waals surface area contributed by atoms with E-state index in [9.17, 15) is 0 Å². The second-order valence-electron chi connectivity index (χ2n) is 6.43. The van der Waals surface area contributed by atoms with Crippen LogP contribution in [0.15, 0.2) is 18.2 Å². The predicted molar refractivity (Wildman–Crippen MR) is 82.6 cm³/mol. The molecular weight excluding hydrogens is 266 g/mol. The van der Waals surface area contributed by atoms with Gasteiger partial charge < -0.3 is 15.2 Å². The number of nitrogens with zero attached hydrogens (tertiary/aromatic N) is 2. The zero-order valence-electron chi connectivity index (χ0n) is 12.9. The molecule has 1 aromatic carbocycles. The van der Waals surface area contributed by atoms with Crippen LogP contribution in [0.3, 0.4) is 0 Å². The Morgan fingerprint density at radius 1 is 1.14 bits per heavy atom. The van der Waals surface area contributed by atoms with E-state index in [2.05, 4.69) is 18.9 Å². The first-order valence-corrected chi connectivity index (χ1v) is 7.06. The Hall–Kier alpha value is -2.17. The third-order valence-corrected chi connectivity index (χ3v) is 3.72. The van der Waals surface area contributed by atoms with Crippen LogP contribution in [0.2, 0.25) is 0 Å². The van der Waals surface area contributed by atoms with Gasteiger partial charge in [0.15, 0.2) is 11.5 Å². The highest BCUT2D eigenvalue weighted by molar-refractivity contribution is 5.70. The molecule has 0 radical (unpaired) electrons. The van der Waals surface area contributed by atoms with Gasteiger partial charge in [0, 0.05) is 24.1 Å². The molecule has 0 aliphatic carbocycles. The minimum absolute atomic E-state index is 0.00249. The molecule has 0 atom stereocenters. The number of rotatable bonds is 1. The van der Waals surface area contributed by atoms with Crippen LogP contribution in [-0.2, 0) is 7.05 Å². The van der Waals surface area contributed by atoms with Crippen molar-refractivity contribution in [3.8, 4) is 22.8 Å². The number of hydrogen-bond donors (Lipinski definition) is 1. The molecule has 1 aliphatic rings. The van der Waals surface area contributed by atoms with Gasteiger partial charge in [-0.2, -0.15) is 5.10 Å². The number of aromatic nitrogens is 2. The Bertz CT molecular complexity index is 670. The fraction of sp³-hybridized carbons (Fsp3) is 0.438. The largest absolute Gasteiger partial charge is 0.489 e. The van der Waals surface area contributed by atoms with Gasteiger partial charge >= 0.3 is 0 Å². The van der Waals surface area contributed by atoms with E-state index in [0.717, 1.165) is 28.3 Å². The molecule has 2 aromatic rings. The van der Waals surface area contributed by atoms with Gasteiger partial charge in [0.25, 0.3) is 0 Å². The zero-order valence-corrected chi connectivity index (χ0v) is 12.9. The summed E-state index contributed by atoms with van der Waals surface area (Å²) >= 11 is 0. The lowest BCUT2D eigenvalue weighted by Gasteiger charge is -2.19. The Morgan fingerprint density at radius 3 is 2.33 bits per heavy atom. The Labute approximate surface area is 124 Å². The highest BCUT2D eigenvalue weighted by Gasteiger charge is 2.26. The van der Waals surface area contributed by atoms with Crippen LogP contribution < -0.4 is 15.2 Å². The molecule has 2 N–H and O–H groups in total. The molecule has 5 nitrogen and oxygen atoms in total. The molecule has 3 rings (SSSR count). The molecule has 5 heteroatoms. The lowest BCUT2D eigenvalue weighted by atomic mass is 9.97. The van der Waals surface area contributed by atoms with E-state index in [1.807, 2.05) is 32.2 Å². The van der Waals surface area contributed by atoms with E-state index in [1.54, 1.807) is 4.68 Å². The molecule has 1 aliphatic heterocycles. The van der Waals surface area contributed by atoms with Crippen molar-refractivity contribution in [3.63, 3.8) is 0 Å². The summed E-state index contributed by atoms with van der Waals surface area (Å²) in [6.45, 7) is 7.58. The number of anilines is 1. The average molecular weight is 287 g/mol. The van der Waals surface area contributed by atoms with Gasteiger partial charge in [-0.05, 0) is 24.6 Å². The molecule has 112 valence electrons. The Kier molecular flexibility index (Phi) is 3.08. The third kappa shape index (κ3) is 2.55. The maximum absolute atomic E-state index is 5.93. The number of nitrogen functional groups attached to an aromatic ring is 1. The fourth-order valence-electron chi connectivity index (χ4n) is 2.36. The minimum Gasteiger partial charge on any atom is -0.489 e. The van der Waals surface area contributed by atoms with E-state index >= 15 is 0 Å². The molecule has 0 spiro atoms. The van der Waals surface area contributed by atoms with Gasteiger partial charge in [0.1, 0.15) is 5.82 Å². The van der Waals surface area contributed by atoms with Crippen molar-refractivity contribution in [2.45, 2.75) is 20.8 Å². The molecule has 0 fully saturated rings. The van der Waals surface area contributed by atoms with E-state index in [0.29, 0.717) is 19.0 Å². The van der Waals surface area contributed by atoms with Gasteiger partial charge in [0.05, 0.1) is 18.9 Å². The summed E-state index contributed by atoms with van der Waals surface area (Å²) in [5.74, 6) is 2.20. The van der Waals surface area contributed by atoms with Crippen molar-refractivity contribution >= 4 is 5.82 Å². The SMILES string of the molecule is Cc1cc2c(cc1-c1cc(N)n(C)n1)OCC(C)(C)CO2. The first-order chi connectivity index (χ1) is 9.85. The summed E-state index contributed by atoms with van der Waals surface area (Å²) in [5, 5.41) is 4.44. The Balaban J connectivity index is 2.04. The van der Waals surface area contributed by atoms with Crippen LogP contribution >= 0.6 is 0 Å². The molecule has 21 heavy (non-hydrogen) atoms. The summed E-state index contributed by atoms with van der Waals surface area (Å²) < 4.78 is 13.5. The maximum Gasteiger partial charge on any atom is 0.161 e. The van der Waals surface area contributed by atoms with Crippen molar-refractivity contribution in [2.75, 3.05) is 18.9 Å². The molecule has 0 bridgehead atoms. The van der Waals surface area contributed by atoms with Crippen molar-refractivity contribution in [2.24, 2.45) is 12.5 Å². The molecule has 0 saturated carbocycles. The van der Waals surface area contributed by atoms with Crippen LogP contribution in [0.25, 0.3) is 11.3 Å². The van der Waals surface area contributed by atoms with Crippen LogP contribution in [0.4, 0.5) is 5.82 Å². The number of nitrogens with two attached hydrogens (primary N) is 1. The molecule has 0 saturated heterocycles. The quantitative estimate of drug-likeness (QED) is 0.876. The van der Waals surface area contributed by atoms with E-state index < -0.39 is 0 Å². The molecular formula is C16H21N3O2. The summed E-state index contributed by atoms with van der Waals surface area (Å²) in [4.78, 5) is 0. The third-order valence-electron chi connectivity index (χ3n) is 3.72. The van der Waals surface area contributed by atoms with E-state index in [-0.39, 0.29) is 5.41 Å². The number of benzene rings is 1. The average Bonchev–Trinajstić information content (AvgIpc) is 2.66. The van der Waals surface area contributed by atoms with Gasteiger partial charge in [-0.25, -0.2) is 0 Å². The zero-order chi connectivity index (χ0) is 15.2. The normalized spacial score (nSPS) is 16.6. The summed E-state index contributed by atoms with van der Waals surface area (Å²) in [5.41, 5.74) is 8.83. The number of hydrogen-bond acceptors (Lipinski definition) is 4. The number of fused-ring (bicyclic) bond motifs is 1. The molecule has 0 unspecified atom stereocenters. The van der Waals surface area contributed by atoms with Crippen LogP contribution in [0, 0.1) is 12.3 Å². The highest BCUT2D eigenvalue weighted by Crippen LogP contribution is 2.38. The van der Waals surface area contributed by atoms with E-state index in [4.69, 9.17) is 15.2 Å².